The van der Waals surface area contributed by atoms with Crippen molar-refractivity contribution in [1.29, 1.82) is 0 Å². The number of para-hydroxylation sites is 1. The van der Waals surface area contributed by atoms with Gasteiger partial charge in [-0.15, -0.1) is 0 Å². The Hall–Kier alpha value is -1.90. The molecule has 2 aromatic rings. The number of aryl methyl sites for hydroxylation is 1. The molecule has 29 heavy (non-hydrogen) atoms. The van der Waals surface area contributed by atoms with Crippen LogP contribution >= 0.6 is 11.8 Å². The second kappa shape index (κ2) is 8.85. The number of rotatable bonds is 5. The van der Waals surface area contributed by atoms with E-state index in [-0.39, 0.29) is 16.6 Å². The zero-order valence-electron chi connectivity index (χ0n) is 16.3. The first kappa shape index (κ1) is 20.4. The molecule has 1 aromatic heterocycles. The third kappa shape index (κ3) is 4.49. The number of pyridine rings is 1. The highest BCUT2D eigenvalue weighted by atomic mass is 32.2. The number of sulfonamides is 1. The number of nitrogens with zero attached hydrogens (tertiary/aromatic N) is 3. The lowest BCUT2D eigenvalue weighted by Crippen LogP contribution is -2.36. The Morgan fingerprint density at radius 3 is 2.55 bits per heavy atom. The van der Waals surface area contributed by atoms with Crippen LogP contribution in [-0.2, 0) is 21.2 Å². The molecule has 0 atom stereocenters. The SMILES string of the molecule is O=C(CSc1ccc(S(=O)(=O)N2CCCCC2)cn1)N1CCCc2ccccc21. The fourth-order valence-corrected chi connectivity index (χ4v) is 6.05. The van der Waals surface area contributed by atoms with Gasteiger partial charge in [0.15, 0.2) is 0 Å². The van der Waals surface area contributed by atoms with Gasteiger partial charge in [-0.05, 0) is 49.4 Å². The molecule has 1 saturated heterocycles. The largest absolute Gasteiger partial charge is 0.311 e. The summed E-state index contributed by atoms with van der Waals surface area (Å²) in [6, 6.07) is 11.3. The fourth-order valence-electron chi connectivity index (χ4n) is 3.87. The number of benzene rings is 1. The Morgan fingerprint density at radius 2 is 1.79 bits per heavy atom. The number of aromatic nitrogens is 1. The number of amides is 1. The minimum absolute atomic E-state index is 0.0500. The summed E-state index contributed by atoms with van der Waals surface area (Å²) in [6.07, 6.45) is 6.27. The summed E-state index contributed by atoms with van der Waals surface area (Å²) in [5, 5.41) is 0.654. The van der Waals surface area contributed by atoms with Crippen LogP contribution < -0.4 is 4.90 Å². The maximum absolute atomic E-state index is 12.7. The lowest BCUT2D eigenvalue weighted by Gasteiger charge is -2.29. The van der Waals surface area contributed by atoms with Crippen molar-refractivity contribution in [2.45, 2.75) is 42.0 Å². The molecule has 1 fully saturated rings. The summed E-state index contributed by atoms with van der Waals surface area (Å²) in [6.45, 7) is 1.88. The number of hydrogen-bond acceptors (Lipinski definition) is 5. The van der Waals surface area contributed by atoms with Crippen LogP contribution in [0, 0.1) is 0 Å². The molecule has 1 aromatic carbocycles. The van der Waals surface area contributed by atoms with Crippen molar-refractivity contribution in [2.75, 3.05) is 30.3 Å². The van der Waals surface area contributed by atoms with Gasteiger partial charge >= 0.3 is 0 Å². The van der Waals surface area contributed by atoms with Gasteiger partial charge in [-0.2, -0.15) is 4.31 Å². The van der Waals surface area contributed by atoms with E-state index in [1.807, 2.05) is 23.1 Å². The van der Waals surface area contributed by atoms with Crippen molar-refractivity contribution in [3.05, 3.63) is 48.2 Å². The quantitative estimate of drug-likeness (QED) is 0.679. The average molecular weight is 432 g/mol. The van der Waals surface area contributed by atoms with Crippen molar-refractivity contribution in [3.63, 3.8) is 0 Å². The molecule has 0 radical (unpaired) electrons. The third-order valence-corrected chi connectivity index (χ3v) is 8.23. The Bertz CT molecular complexity index is 971. The smallest absolute Gasteiger partial charge is 0.244 e. The maximum atomic E-state index is 12.7. The maximum Gasteiger partial charge on any atom is 0.244 e. The van der Waals surface area contributed by atoms with Gasteiger partial charge in [-0.1, -0.05) is 36.4 Å². The molecule has 0 spiro atoms. The van der Waals surface area contributed by atoms with Gasteiger partial charge in [0.25, 0.3) is 0 Å². The second-order valence-corrected chi connectivity index (χ2v) is 10.3. The number of thioether (sulfide) groups is 1. The lowest BCUT2D eigenvalue weighted by molar-refractivity contribution is -0.116. The molecule has 2 aliphatic rings. The van der Waals surface area contributed by atoms with Crippen LogP contribution in [0.1, 0.15) is 31.2 Å². The molecule has 6 nitrogen and oxygen atoms in total. The predicted octanol–water partition coefficient (Wildman–Crippen LogP) is 3.33. The molecule has 3 heterocycles. The molecule has 0 N–H and O–H groups in total. The topological polar surface area (TPSA) is 70.6 Å². The highest BCUT2D eigenvalue weighted by Gasteiger charge is 2.26. The van der Waals surface area contributed by atoms with Crippen molar-refractivity contribution in [3.8, 4) is 0 Å². The van der Waals surface area contributed by atoms with Crippen molar-refractivity contribution >= 4 is 33.4 Å². The Balaban J connectivity index is 1.39. The minimum atomic E-state index is -3.47. The summed E-state index contributed by atoms with van der Waals surface area (Å²) < 4.78 is 27.0. The second-order valence-electron chi connectivity index (χ2n) is 7.36. The number of fused-ring (bicyclic) bond motifs is 1. The highest BCUT2D eigenvalue weighted by molar-refractivity contribution is 7.99. The standard InChI is InChI=1S/C21H25N3O3S2/c25-21(24-14-6-8-17-7-2-3-9-19(17)24)16-28-20-11-10-18(15-22-20)29(26,27)23-12-4-1-5-13-23/h2-3,7,9-11,15H,1,4-6,8,12-14,16H2. The number of carbonyl (C=O) groups is 1. The monoisotopic (exact) mass is 431 g/mol. The van der Waals surface area contributed by atoms with Crippen molar-refractivity contribution in [2.24, 2.45) is 0 Å². The molecule has 0 saturated carbocycles. The average Bonchev–Trinajstić information content (AvgIpc) is 2.78. The van der Waals surface area contributed by atoms with Gasteiger partial charge in [0, 0.05) is 31.5 Å². The molecule has 2 aliphatic heterocycles. The number of carbonyl (C=O) groups excluding carboxylic acids is 1. The van der Waals surface area contributed by atoms with E-state index in [4.69, 9.17) is 0 Å². The first-order valence-corrected chi connectivity index (χ1v) is 12.5. The van der Waals surface area contributed by atoms with Gasteiger partial charge in [0.05, 0.1) is 10.8 Å². The van der Waals surface area contributed by atoms with Gasteiger partial charge in [-0.25, -0.2) is 13.4 Å². The molecule has 0 aliphatic carbocycles. The molecule has 0 bridgehead atoms. The van der Waals surface area contributed by atoms with E-state index < -0.39 is 10.0 Å². The Morgan fingerprint density at radius 1 is 1.00 bits per heavy atom. The zero-order valence-corrected chi connectivity index (χ0v) is 17.9. The molecule has 8 heteroatoms. The summed E-state index contributed by atoms with van der Waals surface area (Å²) in [5.41, 5.74) is 2.21. The van der Waals surface area contributed by atoms with E-state index >= 15 is 0 Å². The van der Waals surface area contributed by atoms with E-state index in [2.05, 4.69) is 11.1 Å². The van der Waals surface area contributed by atoms with Crippen LogP contribution in [0.2, 0.25) is 0 Å². The van der Waals surface area contributed by atoms with Gasteiger partial charge in [0.2, 0.25) is 15.9 Å². The third-order valence-electron chi connectivity index (χ3n) is 5.42. The van der Waals surface area contributed by atoms with E-state index in [1.54, 1.807) is 12.1 Å². The minimum Gasteiger partial charge on any atom is -0.311 e. The first-order valence-electron chi connectivity index (χ1n) is 10.0. The molecular formula is C21H25N3O3S2. The van der Waals surface area contributed by atoms with Crippen LogP contribution in [0.25, 0.3) is 0 Å². The molecule has 154 valence electrons. The van der Waals surface area contributed by atoms with E-state index in [9.17, 15) is 13.2 Å². The normalized spacial score (nSPS) is 17.7. The van der Waals surface area contributed by atoms with Gasteiger partial charge < -0.3 is 4.90 Å². The van der Waals surface area contributed by atoms with Crippen LogP contribution in [0.15, 0.2) is 52.5 Å². The summed E-state index contributed by atoms with van der Waals surface area (Å²) in [7, 11) is -3.47. The number of piperidine rings is 1. The van der Waals surface area contributed by atoms with Crippen LogP contribution in [0.3, 0.4) is 0 Å². The first-order chi connectivity index (χ1) is 14.1. The number of anilines is 1. The Kier molecular flexibility index (Phi) is 6.22. The fraction of sp³-hybridized carbons (Fsp3) is 0.429. The van der Waals surface area contributed by atoms with Crippen LogP contribution in [-0.4, -0.2) is 49.0 Å². The predicted molar refractivity (Wildman–Crippen MR) is 115 cm³/mol. The molecule has 4 rings (SSSR count). The lowest BCUT2D eigenvalue weighted by atomic mass is 10.0. The highest BCUT2D eigenvalue weighted by Crippen LogP contribution is 2.28. The van der Waals surface area contributed by atoms with Crippen LogP contribution in [0.5, 0.6) is 0 Å². The summed E-state index contributed by atoms with van der Waals surface area (Å²) >= 11 is 1.34. The van der Waals surface area contributed by atoms with E-state index in [0.29, 0.717) is 18.1 Å². The van der Waals surface area contributed by atoms with Crippen molar-refractivity contribution < 1.29 is 13.2 Å². The molecule has 0 unspecified atom stereocenters. The Labute approximate surface area is 176 Å². The molecule has 1 amide bonds. The van der Waals surface area contributed by atoms with E-state index in [1.165, 1.54) is 27.8 Å². The van der Waals surface area contributed by atoms with Crippen molar-refractivity contribution in [1.82, 2.24) is 9.29 Å². The summed E-state index contributed by atoms with van der Waals surface area (Å²) in [4.78, 5) is 19.1. The van der Waals surface area contributed by atoms with E-state index in [0.717, 1.165) is 44.3 Å². The zero-order chi connectivity index (χ0) is 20.3. The van der Waals surface area contributed by atoms with Gasteiger partial charge in [0.1, 0.15) is 4.90 Å². The van der Waals surface area contributed by atoms with Gasteiger partial charge in [-0.3, -0.25) is 4.79 Å². The number of hydrogen-bond donors (Lipinski definition) is 0. The summed E-state index contributed by atoms with van der Waals surface area (Å²) in [5.74, 6) is 0.327. The molecular weight excluding hydrogens is 406 g/mol. The van der Waals surface area contributed by atoms with Crippen LogP contribution in [0.4, 0.5) is 5.69 Å².